The molecule has 3 saturated carbocycles. The maximum Gasteiger partial charge on any atom is 0.217 e. The van der Waals surface area contributed by atoms with Gasteiger partial charge in [0.05, 0.1) is 0 Å². The summed E-state index contributed by atoms with van der Waals surface area (Å²) in [4.78, 5) is 24.3. The molecule has 0 bridgehead atoms. The largest absolute Gasteiger partial charge is 0.370 e. The molecule has 0 aliphatic heterocycles. The van der Waals surface area contributed by atoms with Crippen molar-refractivity contribution < 1.29 is 9.59 Å². The van der Waals surface area contributed by atoms with E-state index < -0.39 is 0 Å². The Morgan fingerprint density at radius 3 is 2.43 bits per heavy atom. The molecular formula is C27H47NO2. The number of carbonyl (C=O) groups is 2. The Labute approximate surface area is 185 Å². The lowest BCUT2D eigenvalue weighted by Crippen LogP contribution is -2.52. The standard InChI is InChI=1S/C27H47NO2/c1-18(2)8-6-9-19(3)21-12-13-22-20-11-14-24(29)27(5,16-7-10-25(28)30)23(20)15-17-26(21,22)4/h18-23H,6-17H2,1-5H3,(H2,28,30)/t19-,20+,21-,22+,23+,26-,27-/m1/s1. The minimum Gasteiger partial charge on any atom is -0.370 e. The van der Waals surface area contributed by atoms with Gasteiger partial charge in [-0.3, -0.25) is 9.59 Å². The topological polar surface area (TPSA) is 60.2 Å². The smallest absolute Gasteiger partial charge is 0.217 e. The molecule has 1 amide bonds. The van der Waals surface area contributed by atoms with Crippen molar-refractivity contribution in [2.75, 3.05) is 0 Å². The van der Waals surface area contributed by atoms with Crippen molar-refractivity contribution in [3.8, 4) is 0 Å². The summed E-state index contributed by atoms with van der Waals surface area (Å²) >= 11 is 0. The SMILES string of the molecule is CC(C)CCC[C@@H](C)[C@H]1CC[C@H]2[C@@H]3CCC(=O)[C@](C)(CCCC(N)=O)[C@H]3CC[C@]12C. The van der Waals surface area contributed by atoms with Crippen LogP contribution < -0.4 is 5.73 Å². The van der Waals surface area contributed by atoms with Gasteiger partial charge in [0.25, 0.3) is 0 Å². The molecule has 0 aromatic carbocycles. The van der Waals surface area contributed by atoms with Crippen LogP contribution in [-0.4, -0.2) is 11.7 Å². The van der Waals surface area contributed by atoms with Crippen molar-refractivity contribution in [3.05, 3.63) is 0 Å². The van der Waals surface area contributed by atoms with Gasteiger partial charge in [0.15, 0.2) is 0 Å². The fraction of sp³-hybridized carbons (Fsp3) is 0.926. The summed E-state index contributed by atoms with van der Waals surface area (Å²) in [5.41, 5.74) is 5.61. The number of rotatable bonds is 9. The van der Waals surface area contributed by atoms with Gasteiger partial charge in [-0.15, -0.1) is 0 Å². The number of primary amides is 1. The first-order valence-corrected chi connectivity index (χ1v) is 12.9. The number of Topliss-reactive ketones (excluding diaryl/α,β-unsaturated/α-hetero) is 1. The molecule has 3 fully saturated rings. The molecule has 2 N–H and O–H groups in total. The third-order valence-corrected chi connectivity index (χ3v) is 9.92. The maximum atomic E-state index is 13.0. The van der Waals surface area contributed by atoms with Crippen molar-refractivity contribution in [3.63, 3.8) is 0 Å². The highest BCUT2D eigenvalue weighted by Gasteiger charge is 2.59. The van der Waals surface area contributed by atoms with E-state index in [0.29, 0.717) is 29.5 Å². The molecule has 0 aromatic rings. The minimum atomic E-state index is -0.236. The number of carbonyl (C=O) groups excluding carboxylic acids is 2. The molecule has 3 aliphatic carbocycles. The van der Waals surface area contributed by atoms with Crippen LogP contribution in [0.15, 0.2) is 0 Å². The second-order valence-corrected chi connectivity index (χ2v) is 12.1. The van der Waals surface area contributed by atoms with Crippen molar-refractivity contribution in [2.24, 2.45) is 52.1 Å². The van der Waals surface area contributed by atoms with Crippen LogP contribution in [-0.2, 0) is 9.59 Å². The van der Waals surface area contributed by atoms with Gasteiger partial charge in [0.1, 0.15) is 5.78 Å². The average Bonchev–Trinajstić information content (AvgIpc) is 3.01. The Kier molecular flexibility index (Phi) is 7.40. The summed E-state index contributed by atoms with van der Waals surface area (Å²) in [6.07, 6.45) is 13.2. The van der Waals surface area contributed by atoms with E-state index in [4.69, 9.17) is 5.73 Å². The van der Waals surface area contributed by atoms with Gasteiger partial charge in [0.2, 0.25) is 5.91 Å². The summed E-state index contributed by atoms with van der Waals surface area (Å²) < 4.78 is 0. The van der Waals surface area contributed by atoms with Crippen molar-refractivity contribution in [1.82, 2.24) is 0 Å². The minimum absolute atomic E-state index is 0.235. The molecular weight excluding hydrogens is 370 g/mol. The first-order chi connectivity index (χ1) is 14.1. The molecule has 30 heavy (non-hydrogen) atoms. The highest BCUT2D eigenvalue weighted by atomic mass is 16.1. The quantitative estimate of drug-likeness (QED) is 0.463. The molecule has 0 unspecified atom stereocenters. The zero-order valence-corrected chi connectivity index (χ0v) is 20.3. The van der Waals surface area contributed by atoms with Gasteiger partial charge in [-0.05, 0) is 85.9 Å². The lowest BCUT2D eigenvalue weighted by molar-refractivity contribution is -0.146. The summed E-state index contributed by atoms with van der Waals surface area (Å²) in [6, 6.07) is 0. The summed E-state index contributed by atoms with van der Waals surface area (Å²) in [6.45, 7) is 12.0. The van der Waals surface area contributed by atoms with Crippen molar-refractivity contribution >= 4 is 11.7 Å². The van der Waals surface area contributed by atoms with E-state index in [9.17, 15) is 9.59 Å². The third kappa shape index (κ3) is 4.51. The predicted molar refractivity (Wildman–Crippen MR) is 124 cm³/mol. The highest BCUT2D eigenvalue weighted by molar-refractivity contribution is 5.85. The van der Waals surface area contributed by atoms with Gasteiger partial charge in [-0.2, -0.15) is 0 Å². The Balaban J connectivity index is 1.70. The number of ketones is 1. The molecule has 3 heteroatoms. The van der Waals surface area contributed by atoms with Gasteiger partial charge < -0.3 is 5.73 Å². The Morgan fingerprint density at radius 2 is 1.77 bits per heavy atom. The van der Waals surface area contributed by atoms with E-state index >= 15 is 0 Å². The Morgan fingerprint density at radius 1 is 1.03 bits per heavy atom. The second-order valence-electron chi connectivity index (χ2n) is 12.1. The van der Waals surface area contributed by atoms with E-state index in [-0.39, 0.29) is 11.3 Å². The van der Waals surface area contributed by atoms with Crippen LogP contribution in [0.1, 0.15) is 112 Å². The fourth-order valence-corrected chi connectivity index (χ4v) is 8.25. The normalized spacial score (nSPS) is 39.6. The monoisotopic (exact) mass is 417 g/mol. The van der Waals surface area contributed by atoms with Crippen LogP contribution in [0.5, 0.6) is 0 Å². The summed E-state index contributed by atoms with van der Waals surface area (Å²) in [7, 11) is 0. The molecule has 0 radical (unpaired) electrons. The zero-order valence-electron chi connectivity index (χ0n) is 20.3. The van der Waals surface area contributed by atoms with Crippen LogP contribution in [0.4, 0.5) is 0 Å². The molecule has 3 aliphatic rings. The molecule has 7 atom stereocenters. The summed E-state index contributed by atoms with van der Waals surface area (Å²) in [5.74, 6) is 4.71. The van der Waals surface area contributed by atoms with Crippen LogP contribution in [0.25, 0.3) is 0 Å². The van der Waals surface area contributed by atoms with Gasteiger partial charge in [0, 0.05) is 18.3 Å². The van der Waals surface area contributed by atoms with E-state index in [1.165, 1.54) is 44.9 Å². The fourth-order valence-electron chi connectivity index (χ4n) is 8.25. The molecule has 3 rings (SSSR count). The molecule has 0 aromatic heterocycles. The zero-order chi connectivity index (χ0) is 22.1. The van der Waals surface area contributed by atoms with Crippen LogP contribution in [0, 0.1) is 46.3 Å². The number of hydrogen-bond donors (Lipinski definition) is 1. The number of fused-ring (bicyclic) bond motifs is 3. The maximum absolute atomic E-state index is 13.0. The number of hydrogen-bond acceptors (Lipinski definition) is 2. The van der Waals surface area contributed by atoms with E-state index in [1.807, 2.05) is 0 Å². The van der Waals surface area contributed by atoms with Crippen LogP contribution >= 0.6 is 0 Å². The predicted octanol–water partition coefficient (Wildman–Crippen LogP) is 6.53. The van der Waals surface area contributed by atoms with Crippen molar-refractivity contribution in [2.45, 2.75) is 112 Å². The third-order valence-electron chi connectivity index (χ3n) is 9.92. The first kappa shape index (κ1) is 23.8. The number of amides is 1. The number of nitrogens with two attached hydrogens (primary N) is 1. The van der Waals surface area contributed by atoms with Gasteiger partial charge >= 0.3 is 0 Å². The summed E-state index contributed by atoms with van der Waals surface area (Å²) in [5, 5.41) is 0. The molecule has 0 saturated heterocycles. The van der Waals surface area contributed by atoms with Crippen LogP contribution in [0.2, 0.25) is 0 Å². The van der Waals surface area contributed by atoms with E-state index in [2.05, 4.69) is 34.6 Å². The molecule has 3 nitrogen and oxygen atoms in total. The highest BCUT2D eigenvalue weighted by Crippen LogP contribution is 2.65. The lowest BCUT2D eigenvalue weighted by atomic mass is 9.48. The Hall–Kier alpha value is -0.860. The van der Waals surface area contributed by atoms with E-state index in [0.717, 1.165) is 49.4 Å². The Bertz CT molecular complexity index is 628. The van der Waals surface area contributed by atoms with Gasteiger partial charge in [-0.1, -0.05) is 53.9 Å². The van der Waals surface area contributed by atoms with Crippen LogP contribution in [0.3, 0.4) is 0 Å². The second kappa shape index (κ2) is 9.33. The average molecular weight is 418 g/mol. The van der Waals surface area contributed by atoms with Crippen molar-refractivity contribution in [1.29, 1.82) is 0 Å². The lowest BCUT2D eigenvalue weighted by Gasteiger charge is -2.56. The van der Waals surface area contributed by atoms with Gasteiger partial charge in [-0.25, -0.2) is 0 Å². The molecule has 0 heterocycles. The molecule has 172 valence electrons. The first-order valence-electron chi connectivity index (χ1n) is 12.9. The van der Waals surface area contributed by atoms with E-state index in [1.54, 1.807) is 0 Å². The molecule has 0 spiro atoms.